The van der Waals surface area contributed by atoms with E-state index in [0.717, 1.165) is 6.42 Å². The number of rotatable bonds is 4. The molecule has 0 fully saturated rings. The SMILES string of the molecule is CCC(CF)CC(C)=O. The third-order valence-corrected chi connectivity index (χ3v) is 1.37. The van der Waals surface area contributed by atoms with Crippen LogP contribution in [-0.2, 0) is 4.79 Å². The van der Waals surface area contributed by atoms with Crippen LogP contribution in [0.5, 0.6) is 0 Å². The van der Waals surface area contributed by atoms with Crippen molar-refractivity contribution in [3.05, 3.63) is 0 Å². The second-order valence-electron chi connectivity index (χ2n) is 2.33. The molecule has 0 rings (SSSR count). The molecule has 0 saturated heterocycles. The highest BCUT2D eigenvalue weighted by atomic mass is 19.1. The maximum atomic E-state index is 11.9. The number of carbonyl (C=O) groups is 1. The highest BCUT2D eigenvalue weighted by Gasteiger charge is 2.06. The van der Waals surface area contributed by atoms with Crippen LogP contribution in [0.3, 0.4) is 0 Å². The topological polar surface area (TPSA) is 17.1 Å². The van der Waals surface area contributed by atoms with Gasteiger partial charge in [0.15, 0.2) is 0 Å². The number of hydrogen-bond acceptors (Lipinski definition) is 1. The minimum absolute atomic E-state index is 0.0394. The lowest BCUT2D eigenvalue weighted by molar-refractivity contribution is -0.118. The van der Waals surface area contributed by atoms with Gasteiger partial charge in [-0.25, -0.2) is 0 Å². The Morgan fingerprint density at radius 3 is 2.33 bits per heavy atom. The van der Waals surface area contributed by atoms with Crippen LogP contribution in [0.15, 0.2) is 0 Å². The van der Waals surface area contributed by atoms with E-state index < -0.39 is 0 Å². The van der Waals surface area contributed by atoms with Crippen molar-refractivity contribution in [3.63, 3.8) is 0 Å². The summed E-state index contributed by atoms with van der Waals surface area (Å²) in [6.45, 7) is 3.03. The van der Waals surface area contributed by atoms with Crippen molar-refractivity contribution in [2.45, 2.75) is 26.7 Å². The first-order valence-electron chi connectivity index (χ1n) is 3.26. The summed E-state index contributed by atoms with van der Waals surface area (Å²) in [4.78, 5) is 10.4. The summed E-state index contributed by atoms with van der Waals surface area (Å²) in [6, 6.07) is 0. The van der Waals surface area contributed by atoms with Crippen molar-refractivity contribution in [2.24, 2.45) is 5.92 Å². The molecule has 0 bridgehead atoms. The van der Waals surface area contributed by atoms with Gasteiger partial charge < -0.3 is 4.79 Å². The molecule has 0 aliphatic heterocycles. The summed E-state index contributed by atoms with van der Waals surface area (Å²) in [5.41, 5.74) is 0. The minimum atomic E-state index is -0.365. The van der Waals surface area contributed by atoms with Crippen LogP contribution in [0.2, 0.25) is 0 Å². The van der Waals surface area contributed by atoms with E-state index in [2.05, 4.69) is 0 Å². The molecular formula is C7H13FO. The predicted octanol–water partition coefficient (Wildman–Crippen LogP) is 1.96. The summed E-state index contributed by atoms with van der Waals surface area (Å²) in [5.74, 6) is 0.0435. The molecule has 1 unspecified atom stereocenters. The van der Waals surface area contributed by atoms with Crippen LogP contribution in [0.4, 0.5) is 4.39 Å². The van der Waals surface area contributed by atoms with Crippen LogP contribution in [0.25, 0.3) is 0 Å². The number of hydrogen-bond donors (Lipinski definition) is 0. The van der Waals surface area contributed by atoms with Gasteiger partial charge in [0.05, 0.1) is 6.67 Å². The first kappa shape index (κ1) is 8.60. The van der Waals surface area contributed by atoms with Gasteiger partial charge in [-0.2, -0.15) is 0 Å². The van der Waals surface area contributed by atoms with E-state index >= 15 is 0 Å². The molecule has 0 aliphatic carbocycles. The van der Waals surface area contributed by atoms with Gasteiger partial charge in [0.1, 0.15) is 5.78 Å². The highest BCUT2D eigenvalue weighted by Crippen LogP contribution is 2.08. The Balaban J connectivity index is 3.43. The average molecular weight is 132 g/mol. The molecule has 0 aromatic carbocycles. The van der Waals surface area contributed by atoms with Gasteiger partial charge in [-0.1, -0.05) is 13.3 Å². The molecular weight excluding hydrogens is 119 g/mol. The van der Waals surface area contributed by atoms with Crippen molar-refractivity contribution in [3.8, 4) is 0 Å². The van der Waals surface area contributed by atoms with E-state index in [1.54, 1.807) is 0 Å². The molecule has 0 amide bonds. The van der Waals surface area contributed by atoms with Gasteiger partial charge in [-0.05, 0) is 12.8 Å². The van der Waals surface area contributed by atoms with E-state index in [-0.39, 0.29) is 18.4 Å². The Bertz CT molecular complexity index is 86.9. The van der Waals surface area contributed by atoms with Crippen molar-refractivity contribution in [1.29, 1.82) is 0 Å². The molecule has 0 spiro atoms. The van der Waals surface area contributed by atoms with Gasteiger partial charge in [0.25, 0.3) is 0 Å². The van der Waals surface area contributed by atoms with Gasteiger partial charge in [-0.15, -0.1) is 0 Å². The highest BCUT2D eigenvalue weighted by molar-refractivity contribution is 5.75. The van der Waals surface area contributed by atoms with E-state index in [0.29, 0.717) is 6.42 Å². The van der Waals surface area contributed by atoms with E-state index in [1.165, 1.54) is 6.92 Å². The molecule has 0 saturated carbocycles. The quantitative estimate of drug-likeness (QED) is 0.571. The number of alkyl halides is 1. The fourth-order valence-corrected chi connectivity index (χ4v) is 0.715. The van der Waals surface area contributed by atoms with Gasteiger partial charge in [0.2, 0.25) is 0 Å². The molecule has 54 valence electrons. The first-order chi connectivity index (χ1) is 4.20. The van der Waals surface area contributed by atoms with Gasteiger partial charge in [-0.3, -0.25) is 4.39 Å². The van der Waals surface area contributed by atoms with Gasteiger partial charge >= 0.3 is 0 Å². The normalized spacial score (nSPS) is 13.2. The van der Waals surface area contributed by atoms with E-state index in [4.69, 9.17) is 0 Å². The zero-order valence-corrected chi connectivity index (χ0v) is 5.98. The Labute approximate surface area is 55.3 Å². The average Bonchev–Trinajstić information content (AvgIpc) is 1.82. The van der Waals surface area contributed by atoms with Crippen LogP contribution in [-0.4, -0.2) is 12.5 Å². The molecule has 1 nitrogen and oxygen atoms in total. The van der Waals surface area contributed by atoms with Crippen LogP contribution >= 0.6 is 0 Å². The third-order valence-electron chi connectivity index (χ3n) is 1.37. The lowest BCUT2D eigenvalue weighted by Gasteiger charge is -2.05. The Kier molecular flexibility index (Phi) is 4.28. The number of carbonyl (C=O) groups excluding carboxylic acids is 1. The molecule has 9 heavy (non-hydrogen) atoms. The molecule has 0 aliphatic rings. The lowest BCUT2D eigenvalue weighted by Crippen LogP contribution is -2.06. The summed E-state index contributed by atoms with van der Waals surface area (Å²) in [7, 11) is 0. The minimum Gasteiger partial charge on any atom is -0.300 e. The monoisotopic (exact) mass is 132 g/mol. The fourth-order valence-electron chi connectivity index (χ4n) is 0.715. The predicted molar refractivity (Wildman–Crippen MR) is 35.1 cm³/mol. The molecule has 0 radical (unpaired) electrons. The Hall–Kier alpha value is -0.400. The van der Waals surface area contributed by atoms with Crippen LogP contribution in [0.1, 0.15) is 26.7 Å². The van der Waals surface area contributed by atoms with Crippen molar-refractivity contribution < 1.29 is 9.18 Å². The summed E-state index contributed by atoms with van der Waals surface area (Å²) < 4.78 is 11.9. The third kappa shape index (κ3) is 4.13. The van der Waals surface area contributed by atoms with E-state index in [1.807, 2.05) is 6.92 Å². The summed E-state index contributed by atoms with van der Waals surface area (Å²) in [5, 5.41) is 0. The van der Waals surface area contributed by atoms with Crippen molar-refractivity contribution in [2.75, 3.05) is 6.67 Å². The smallest absolute Gasteiger partial charge is 0.130 e. The molecule has 0 heterocycles. The second kappa shape index (κ2) is 4.48. The van der Waals surface area contributed by atoms with E-state index in [9.17, 15) is 9.18 Å². The second-order valence-corrected chi connectivity index (χ2v) is 2.33. The zero-order chi connectivity index (χ0) is 7.28. The lowest BCUT2D eigenvalue weighted by atomic mass is 10.0. The number of Topliss-reactive ketones (excluding diaryl/α,β-unsaturated/α-hetero) is 1. The summed E-state index contributed by atoms with van der Waals surface area (Å²) >= 11 is 0. The maximum absolute atomic E-state index is 11.9. The number of halogens is 1. The van der Waals surface area contributed by atoms with Crippen LogP contribution in [0, 0.1) is 5.92 Å². The first-order valence-corrected chi connectivity index (χ1v) is 3.26. The Morgan fingerprint density at radius 2 is 2.22 bits per heavy atom. The van der Waals surface area contributed by atoms with Gasteiger partial charge in [0, 0.05) is 6.42 Å². The number of ketones is 1. The fraction of sp³-hybridized carbons (Fsp3) is 0.857. The molecule has 0 aromatic rings. The summed E-state index contributed by atoms with van der Waals surface area (Å²) in [6.07, 6.45) is 1.16. The van der Waals surface area contributed by atoms with Crippen molar-refractivity contribution in [1.82, 2.24) is 0 Å². The molecule has 0 aromatic heterocycles. The molecule has 2 heteroatoms. The Morgan fingerprint density at radius 1 is 1.67 bits per heavy atom. The standard InChI is InChI=1S/C7H13FO/c1-3-7(5-8)4-6(2)9/h7H,3-5H2,1-2H3. The zero-order valence-electron chi connectivity index (χ0n) is 5.98. The van der Waals surface area contributed by atoms with Crippen LogP contribution < -0.4 is 0 Å². The largest absolute Gasteiger partial charge is 0.300 e. The molecule has 0 N–H and O–H groups in total. The van der Waals surface area contributed by atoms with Crippen molar-refractivity contribution >= 4 is 5.78 Å². The molecule has 1 atom stereocenters. The maximum Gasteiger partial charge on any atom is 0.130 e.